The molecule has 4 rings (SSSR count). The van der Waals surface area contributed by atoms with Crippen molar-refractivity contribution in [3.63, 3.8) is 0 Å². The van der Waals surface area contributed by atoms with Crippen LogP contribution in [-0.2, 0) is 28.7 Å². The number of anilines is 1. The van der Waals surface area contributed by atoms with E-state index in [2.05, 4.69) is 0 Å². The molecule has 0 saturated heterocycles. The highest BCUT2D eigenvalue weighted by atomic mass is 19.4. The van der Waals surface area contributed by atoms with E-state index in [1.165, 1.54) is 17.0 Å². The number of amides is 1. The highest BCUT2D eigenvalue weighted by Crippen LogP contribution is 2.36. The van der Waals surface area contributed by atoms with Crippen LogP contribution in [0.4, 0.5) is 18.9 Å². The molecule has 0 unspecified atom stereocenters. The molecule has 194 valence electrons. The van der Waals surface area contributed by atoms with Crippen LogP contribution in [0.5, 0.6) is 11.5 Å². The van der Waals surface area contributed by atoms with E-state index >= 15 is 0 Å². The van der Waals surface area contributed by atoms with Gasteiger partial charge in [0.05, 0.1) is 25.3 Å². The molecule has 1 heterocycles. The molecule has 37 heavy (non-hydrogen) atoms. The number of halogens is 3. The third kappa shape index (κ3) is 6.41. The summed E-state index contributed by atoms with van der Waals surface area (Å²) in [7, 11) is 0. The molecule has 9 heteroatoms. The van der Waals surface area contributed by atoms with Crippen molar-refractivity contribution in [1.82, 2.24) is 0 Å². The van der Waals surface area contributed by atoms with Gasteiger partial charge >= 0.3 is 12.1 Å². The molecular weight excluding hydrogens is 487 g/mol. The first-order chi connectivity index (χ1) is 17.8. The fraction of sp³-hybridized carbons (Fsp3) is 0.286. The monoisotopic (exact) mass is 513 g/mol. The van der Waals surface area contributed by atoms with Crippen molar-refractivity contribution >= 4 is 17.6 Å². The highest BCUT2D eigenvalue weighted by Gasteiger charge is 2.33. The second-order valence-electron chi connectivity index (χ2n) is 8.41. The predicted octanol–water partition coefficient (Wildman–Crippen LogP) is 5.82. The fourth-order valence-corrected chi connectivity index (χ4v) is 4.07. The highest BCUT2D eigenvalue weighted by molar-refractivity contribution is 6.10. The molecule has 3 aromatic carbocycles. The number of ether oxygens (including phenoxy) is 3. The van der Waals surface area contributed by atoms with E-state index in [0.29, 0.717) is 54.4 Å². The number of carbonyl (C=O) groups is 2. The molecule has 0 N–H and O–H groups in total. The summed E-state index contributed by atoms with van der Waals surface area (Å²) in [5, 5.41) is 0. The van der Waals surface area contributed by atoms with Gasteiger partial charge in [-0.1, -0.05) is 18.2 Å². The molecular formula is C28H26F3NO5. The van der Waals surface area contributed by atoms with Crippen LogP contribution in [0.3, 0.4) is 0 Å². The van der Waals surface area contributed by atoms with Crippen LogP contribution >= 0.6 is 0 Å². The fourth-order valence-electron chi connectivity index (χ4n) is 4.07. The topological polar surface area (TPSA) is 65.1 Å². The van der Waals surface area contributed by atoms with Gasteiger partial charge in [0.15, 0.2) is 6.61 Å². The zero-order valence-corrected chi connectivity index (χ0v) is 20.2. The van der Waals surface area contributed by atoms with E-state index in [-0.39, 0.29) is 19.1 Å². The van der Waals surface area contributed by atoms with Crippen LogP contribution < -0.4 is 14.4 Å². The average Bonchev–Trinajstić information content (AvgIpc) is 3.22. The molecule has 0 spiro atoms. The number of alkyl halides is 3. The van der Waals surface area contributed by atoms with E-state index in [0.717, 1.165) is 17.7 Å². The maximum Gasteiger partial charge on any atom is 0.416 e. The van der Waals surface area contributed by atoms with Crippen molar-refractivity contribution in [3.8, 4) is 11.5 Å². The number of esters is 1. The minimum atomic E-state index is -4.44. The van der Waals surface area contributed by atoms with E-state index in [4.69, 9.17) is 14.2 Å². The van der Waals surface area contributed by atoms with Crippen molar-refractivity contribution < 1.29 is 37.0 Å². The summed E-state index contributed by atoms with van der Waals surface area (Å²) in [6.45, 7) is 2.50. The normalized spacial score (nSPS) is 12.9. The number of hydrogen-bond acceptors (Lipinski definition) is 5. The molecule has 6 nitrogen and oxygen atoms in total. The standard InChI is InChI=1S/C28H26F3NO5/c1-2-35-26(33)18-37-22-8-3-6-19(16-22)7-5-15-36-25-10-4-9-23-24(25)17-32(27(23)34)21-13-11-20(12-14-21)28(29,30)31/h3-4,6,8-14,16H,2,5,7,15,17-18H2,1H3. The van der Waals surface area contributed by atoms with Crippen molar-refractivity contribution in [2.45, 2.75) is 32.5 Å². The molecule has 3 aromatic rings. The Morgan fingerprint density at radius 1 is 1.00 bits per heavy atom. The maximum atomic E-state index is 12.9. The molecule has 0 saturated carbocycles. The van der Waals surface area contributed by atoms with Gasteiger partial charge in [-0.25, -0.2) is 4.79 Å². The molecule has 1 amide bonds. The van der Waals surface area contributed by atoms with Crippen LogP contribution in [0, 0.1) is 0 Å². The SMILES string of the molecule is CCOC(=O)COc1cccc(CCCOc2cccc3c2CN(c2ccc(C(F)(F)F)cc2)C3=O)c1. The largest absolute Gasteiger partial charge is 0.493 e. The second kappa shape index (κ2) is 11.4. The minimum absolute atomic E-state index is 0.151. The number of fused-ring (bicyclic) bond motifs is 1. The number of hydrogen-bond donors (Lipinski definition) is 0. The summed E-state index contributed by atoms with van der Waals surface area (Å²) < 4.78 is 55.0. The number of aryl methyl sites for hydroxylation is 1. The first kappa shape index (κ1) is 26.1. The summed E-state index contributed by atoms with van der Waals surface area (Å²) in [5.74, 6) is 0.452. The summed E-state index contributed by atoms with van der Waals surface area (Å²) in [4.78, 5) is 25.8. The van der Waals surface area contributed by atoms with E-state index in [9.17, 15) is 22.8 Å². The van der Waals surface area contributed by atoms with Crippen molar-refractivity contribution in [2.24, 2.45) is 0 Å². The summed E-state index contributed by atoms with van der Waals surface area (Å²) in [6, 6.07) is 17.2. The lowest BCUT2D eigenvalue weighted by molar-refractivity contribution is -0.145. The summed E-state index contributed by atoms with van der Waals surface area (Å²) in [6.07, 6.45) is -3.03. The van der Waals surface area contributed by atoms with E-state index < -0.39 is 17.7 Å². The van der Waals surface area contributed by atoms with Gasteiger partial charge in [-0.2, -0.15) is 13.2 Å². The lowest BCUT2D eigenvalue weighted by Crippen LogP contribution is -2.23. The van der Waals surface area contributed by atoms with Crippen molar-refractivity contribution in [2.75, 3.05) is 24.7 Å². The van der Waals surface area contributed by atoms with Crippen LogP contribution in [0.1, 0.15) is 40.4 Å². The van der Waals surface area contributed by atoms with E-state index in [1.807, 2.05) is 18.2 Å². The Morgan fingerprint density at radius 2 is 1.76 bits per heavy atom. The van der Waals surface area contributed by atoms with Crippen LogP contribution in [0.25, 0.3) is 0 Å². The Hall–Kier alpha value is -4.01. The molecule has 0 aromatic heterocycles. The molecule has 0 atom stereocenters. The van der Waals surface area contributed by atoms with Crippen molar-refractivity contribution in [1.29, 1.82) is 0 Å². The van der Waals surface area contributed by atoms with Crippen LogP contribution in [0.15, 0.2) is 66.7 Å². The molecule has 0 radical (unpaired) electrons. The van der Waals surface area contributed by atoms with E-state index in [1.54, 1.807) is 31.2 Å². The van der Waals surface area contributed by atoms with Gasteiger partial charge in [-0.3, -0.25) is 4.79 Å². The smallest absolute Gasteiger partial charge is 0.416 e. The Balaban J connectivity index is 1.33. The molecule has 0 aliphatic carbocycles. The average molecular weight is 514 g/mol. The third-order valence-electron chi connectivity index (χ3n) is 5.86. The van der Waals surface area contributed by atoms with Gasteiger partial charge in [0.1, 0.15) is 11.5 Å². The summed E-state index contributed by atoms with van der Waals surface area (Å²) >= 11 is 0. The van der Waals surface area contributed by atoms with Gasteiger partial charge in [0.2, 0.25) is 0 Å². The minimum Gasteiger partial charge on any atom is -0.493 e. The Kier molecular flexibility index (Phi) is 8.01. The van der Waals surface area contributed by atoms with Gasteiger partial charge < -0.3 is 19.1 Å². The Morgan fingerprint density at radius 3 is 2.49 bits per heavy atom. The van der Waals surface area contributed by atoms with Crippen LogP contribution in [-0.4, -0.2) is 31.7 Å². The number of rotatable bonds is 10. The molecule has 1 aliphatic heterocycles. The van der Waals surface area contributed by atoms with Gasteiger partial charge in [0, 0.05) is 16.8 Å². The molecule has 1 aliphatic rings. The zero-order chi connectivity index (χ0) is 26.4. The van der Waals surface area contributed by atoms with Crippen molar-refractivity contribution in [3.05, 3.63) is 89.0 Å². The number of carbonyl (C=O) groups excluding carboxylic acids is 2. The quantitative estimate of drug-likeness (QED) is 0.253. The van der Waals surface area contributed by atoms with Gasteiger partial charge in [0.25, 0.3) is 5.91 Å². The Labute approximate surface area is 212 Å². The van der Waals surface area contributed by atoms with Gasteiger partial charge in [-0.05, 0) is 73.9 Å². The summed E-state index contributed by atoms with van der Waals surface area (Å²) in [5.41, 5.74) is 1.84. The second-order valence-corrected chi connectivity index (χ2v) is 8.41. The lowest BCUT2D eigenvalue weighted by atomic mass is 10.1. The first-order valence-electron chi connectivity index (χ1n) is 11.9. The molecule has 0 fully saturated rings. The zero-order valence-electron chi connectivity index (χ0n) is 20.2. The first-order valence-corrected chi connectivity index (χ1v) is 11.9. The number of nitrogens with zero attached hydrogens (tertiary/aromatic N) is 1. The third-order valence-corrected chi connectivity index (χ3v) is 5.86. The van der Waals surface area contributed by atoms with Gasteiger partial charge in [-0.15, -0.1) is 0 Å². The lowest BCUT2D eigenvalue weighted by Gasteiger charge is -2.17. The maximum absolute atomic E-state index is 12.9. The van der Waals surface area contributed by atoms with Crippen LogP contribution in [0.2, 0.25) is 0 Å². The predicted molar refractivity (Wildman–Crippen MR) is 131 cm³/mol. The molecule has 0 bridgehead atoms. The number of benzene rings is 3. The Bertz CT molecular complexity index is 1260.